The first-order valence-corrected chi connectivity index (χ1v) is 12.7. The van der Waals surface area contributed by atoms with Crippen LogP contribution >= 0.6 is 0 Å². The molecule has 12 nitrogen and oxygen atoms in total. The van der Waals surface area contributed by atoms with Crippen LogP contribution in [-0.4, -0.2) is 80.3 Å². The number of likely N-dealkylation sites (tertiary alicyclic amines) is 1. The number of ether oxygens (including phenoxy) is 4. The van der Waals surface area contributed by atoms with Crippen LogP contribution in [0.25, 0.3) is 11.3 Å². The Labute approximate surface area is 234 Å². The molecule has 0 bridgehead atoms. The number of hydrogen-bond acceptors (Lipinski definition) is 11. The number of piperidine rings is 1. The van der Waals surface area contributed by atoms with Gasteiger partial charge in [-0.2, -0.15) is 13.2 Å². The number of anilines is 1. The molecule has 0 unspecified atom stereocenters. The number of benzene rings is 1. The number of hydrogen-bond donors (Lipinski definition) is 2. The normalized spacial score (nSPS) is 15.5. The van der Waals surface area contributed by atoms with E-state index in [-0.39, 0.29) is 36.2 Å². The molecule has 1 fully saturated rings. The Balaban J connectivity index is 1.98. The highest BCUT2D eigenvalue weighted by Crippen LogP contribution is 2.39. The molecule has 0 saturated carbocycles. The lowest BCUT2D eigenvalue weighted by molar-refractivity contribution is -0.141. The summed E-state index contributed by atoms with van der Waals surface area (Å²) in [5.41, 5.74) is 0.118. The van der Waals surface area contributed by atoms with Crippen LogP contribution in [0.15, 0.2) is 18.2 Å². The van der Waals surface area contributed by atoms with E-state index in [1.807, 2.05) is 0 Å². The smallest absolute Gasteiger partial charge is 0.469 e. The Bertz CT molecular complexity index is 1260. The van der Waals surface area contributed by atoms with Crippen LogP contribution in [0.2, 0.25) is 0 Å². The summed E-state index contributed by atoms with van der Waals surface area (Å²) in [6, 6.07) is 2.58. The van der Waals surface area contributed by atoms with Gasteiger partial charge in [-0.1, -0.05) is 0 Å². The van der Waals surface area contributed by atoms with Gasteiger partial charge in [0.05, 0.1) is 39.9 Å². The lowest BCUT2D eigenvalue weighted by atomic mass is 9.99. The van der Waals surface area contributed by atoms with Gasteiger partial charge in [0.15, 0.2) is 5.82 Å². The first kappa shape index (κ1) is 31.4. The van der Waals surface area contributed by atoms with Gasteiger partial charge in [-0.15, -0.1) is 10.2 Å². The fraction of sp³-hybridized carbons (Fsp3) is 0.500. The van der Waals surface area contributed by atoms with Gasteiger partial charge >= 0.3 is 24.4 Å². The fourth-order valence-corrected chi connectivity index (χ4v) is 4.41. The number of methoxy groups -OCH3 is 3. The van der Waals surface area contributed by atoms with Crippen molar-refractivity contribution in [3.8, 4) is 17.0 Å². The van der Waals surface area contributed by atoms with Crippen LogP contribution in [0.1, 0.15) is 36.0 Å². The fourth-order valence-electron chi connectivity index (χ4n) is 4.41. The lowest BCUT2D eigenvalue weighted by Gasteiger charge is -2.33. The minimum atomic E-state index is -4.69. The maximum Gasteiger partial charge on any atom is 0.513 e. The Morgan fingerprint density at radius 2 is 1.85 bits per heavy atom. The zero-order valence-electron chi connectivity index (χ0n) is 23.1. The van der Waals surface area contributed by atoms with Gasteiger partial charge in [-0.05, 0) is 50.1 Å². The van der Waals surface area contributed by atoms with E-state index in [0.717, 1.165) is 38.6 Å². The average molecular weight is 584 g/mol. The highest BCUT2D eigenvalue weighted by molar-refractivity contribution is 5.76. The molecule has 1 aromatic carbocycles. The second-order valence-corrected chi connectivity index (χ2v) is 9.22. The van der Waals surface area contributed by atoms with Crippen LogP contribution in [-0.2, 0) is 31.7 Å². The molecule has 0 radical (unpaired) electrons. The van der Waals surface area contributed by atoms with Crippen molar-refractivity contribution in [2.24, 2.45) is 0 Å². The Kier molecular flexibility index (Phi) is 10.7. The second kappa shape index (κ2) is 14.0. The first-order valence-electron chi connectivity index (χ1n) is 12.7. The standard InChI is InChI=1S/C26H32F3N5O7/c1-15-19(13-30-24(36)39-3)23(31-17-6-5-10-34(14-17)11-9-21(35)38-2)33-32-22(15)18-8-7-16(26(27,28)29)12-20(18)41-25(37)40-4/h7-8,12,17H,5-6,9-11,13-14H2,1-4H3,(H,30,36)(H,31,33)/t17-/m1/s1. The van der Waals surface area contributed by atoms with Crippen LogP contribution in [0.4, 0.5) is 28.6 Å². The van der Waals surface area contributed by atoms with Gasteiger partial charge in [-0.3, -0.25) is 4.79 Å². The third kappa shape index (κ3) is 8.42. The van der Waals surface area contributed by atoms with E-state index in [4.69, 9.17) is 9.47 Å². The van der Waals surface area contributed by atoms with Gasteiger partial charge in [0, 0.05) is 30.3 Å². The van der Waals surface area contributed by atoms with Gasteiger partial charge in [0.2, 0.25) is 0 Å². The highest BCUT2D eigenvalue weighted by Gasteiger charge is 2.32. The predicted octanol–water partition coefficient (Wildman–Crippen LogP) is 3.91. The quantitative estimate of drug-likeness (QED) is 0.252. The molecule has 1 aliphatic heterocycles. The molecule has 2 aromatic rings. The molecule has 1 aliphatic rings. The number of esters is 1. The third-order valence-corrected chi connectivity index (χ3v) is 6.57. The van der Waals surface area contributed by atoms with Crippen molar-refractivity contribution < 1.29 is 46.5 Å². The van der Waals surface area contributed by atoms with E-state index in [0.29, 0.717) is 36.1 Å². The van der Waals surface area contributed by atoms with Gasteiger partial charge in [0.25, 0.3) is 0 Å². The predicted molar refractivity (Wildman–Crippen MR) is 139 cm³/mol. The van der Waals surface area contributed by atoms with Gasteiger partial charge < -0.3 is 34.5 Å². The molecule has 15 heteroatoms. The van der Waals surface area contributed by atoms with E-state index in [2.05, 4.69) is 35.2 Å². The van der Waals surface area contributed by atoms with Crippen molar-refractivity contribution in [2.75, 3.05) is 46.3 Å². The number of nitrogens with one attached hydrogen (secondary N) is 2. The molecular weight excluding hydrogens is 551 g/mol. The highest BCUT2D eigenvalue weighted by atomic mass is 19.4. The number of aromatic nitrogens is 2. The number of alkyl halides is 3. The van der Waals surface area contributed by atoms with E-state index in [1.165, 1.54) is 14.2 Å². The summed E-state index contributed by atoms with van der Waals surface area (Å²) >= 11 is 0. The Morgan fingerprint density at radius 3 is 2.51 bits per heavy atom. The number of nitrogens with zero attached hydrogens (tertiary/aromatic N) is 3. The zero-order chi connectivity index (χ0) is 30.2. The minimum absolute atomic E-state index is 0.0457. The summed E-state index contributed by atoms with van der Waals surface area (Å²) in [6.45, 7) is 3.57. The van der Waals surface area contributed by atoms with E-state index in [1.54, 1.807) is 6.92 Å². The van der Waals surface area contributed by atoms with Crippen LogP contribution < -0.4 is 15.4 Å². The molecule has 2 N–H and O–H groups in total. The average Bonchev–Trinajstić information content (AvgIpc) is 2.95. The summed E-state index contributed by atoms with van der Waals surface area (Å²) in [4.78, 5) is 37.4. The lowest BCUT2D eigenvalue weighted by Crippen LogP contribution is -2.43. The molecule has 0 spiro atoms. The van der Waals surface area contributed by atoms with Crippen molar-refractivity contribution >= 4 is 24.0 Å². The maximum absolute atomic E-state index is 13.4. The first-order chi connectivity index (χ1) is 19.5. The van der Waals surface area contributed by atoms with Crippen molar-refractivity contribution in [1.29, 1.82) is 0 Å². The SMILES string of the molecule is COC(=O)CCN1CCC[C@@H](Nc2nnc(-c3ccc(C(F)(F)F)cc3OC(=O)OC)c(C)c2CNC(=O)OC)C1. The van der Waals surface area contributed by atoms with Crippen molar-refractivity contribution in [1.82, 2.24) is 20.4 Å². The molecule has 224 valence electrons. The van der Waals surface area contributed by atoms with Crippen molar-refractivity contribution in [3.63, 3.8) is 0 Å². The summed E-state index contributed by atoms with van der Waals surface area (Å²) in [6.07, 6.45) is -4.69. The number of carbonyl (C=O) groups excluding carboxylic acids is 3. The minimum Gasteiger partial charge on any atom is -0.469 e. The maximum atomic E-state index is 13.4. The van der Waals surface area contributed by atoms with E-state index >= 15 is 0 Å². The Morgan fingerprint density at radius 1 is 1.10 bits per heavy atom. The molecular formula is C26H32F3N5O7. The largest absolute Gasteiger partial charge is 0.513 e. The van der Waals surface area contributed by atoms with E-state index < -0.39 is 29.7 Å². The monoisotopic (exact) mass is 583 g/mol. The molecule has 41 heavy (non-hydrogen) atoms. The van der Waals surface area contributed by atoms with Crippen molar-refractivity contribution in [3.05, 3.63) is 34.9 Å². The summed E-state index contributed by atoms with van der Waals surface area (Å²) in [5, 5.41) is 14.5. The number of halogens is 3. The van der Waals surface area contributed by atoms with Gasteiger partial charge in [-0.25, -0.2) is 9.59 Å². The van der Waals surface area contributed by atoms with E-state index in [9.17, 15) is 27.6 Å². The number of rotatable bonds is 9. The topological polar surface area (TPSA) is 141 Å². The van der Waals surface area contributed by atoms with Gasteiger partial charge in [0.1, 0.15) is 11.4 Å². The van der Waals surface area contributed by atoms with Crippen LogP contribution in [0, 0.1) is 6.92 Å². The van der Waals surface area contributed by atoms with Crippen molar-refractivity contribution in [2.45, 2.75) is 44.9 Å². The molecule has 0 aliphatic carbocycles. The number of carbonyl (C=O) groups is 3. The zero-order valence-corrected chi connectivity index (χ0v) is 23.1. The third-order valence-electron chi connectivity index (χ3n) is 6.57. The molecule has 2 heterocycles. The molecule has 1 amide bonds. The molecule has 1 atom stereocenters. The van der Waals surface area contributed by atoms with Crippen LogP contribution in [0.3, 0.4) is 0 Å². The Hall–Kier alpha value is -4.14. The summed E-state index contributed by atoms with van der Waals surface area (Å²) < 4.78 is 59.1. The molecule has 3 rings (SSSR count). The molecule has 1 aromatic heterocycles. The summed E-state index contributed by atoms with van der Waals surface area (Å²) in [7, 11) is 3.58. The molecule has 1 saturated heterocycles. The van der Waals surface area contributed by atoms with Crippen LogP contribution in [0.5, 0.6) is 5.75 Å². The number of alkyl carbamates (subject to hydrolysis) is 1. The second-order valence-electron chi connectivity index (χ2n) is 9.22. The summed E-state index contributed by atoms with van der Waals surface area (Å²) in [5.74, 6) is -0.373. The number of amides is 1.